The van der Waals surface area contributed by atoms with E-state index in [9.17, 15) is 18.8 Å². The van der Waals surface area contributed by atoms with E-state index in [0.717, 1.165) is 19.2 Å². The molecule has 1 fully saturated rings. The van der Waals surface area contributed by atoms with Crippen molar-refractivity contribution in [2.24, 2.45) is 0 Å². The number of carbonyl (C=O) groups is 3. The van der Waals surface area contributed by atoms with Crippen LogP contribution in [0.25, 0.3) is 0 Å². The highest BCUT2D eigenvalue weighted by atomic mass is 19.1. The number of hydrogen-bond donors (Lipinski definition) is 0. The summed E-state index contributed by atoms with van der Waals surface area (Å²) < 4.78 is 13.0. The molecular weight excluding hydrogens is 337 g/mol. The minimum Gasteiger partial charge on any atom is -0.343 e. The molecule has 1 aliphatic rings. The first-order valence-electron chi connectivity index (χ1n) is 8.63. The number of halogens is 1. The van der Waals surface area contributed by atoms with Gasteiger partial charge in [0.15, 0.2) is 0 Å². The summed E-state index contributed by atoms with van der Waals surface area (Å²) >= 11 is 0. The summed E-state index contributed by atoms with van der Waals surface area (Å²) in [7, 11) is 5.30. The molecule has 0 unspecified atom stereocenters. The summed E-state index contributed by atoms with van der Waals surface area (Å²) in [5.74, 6) is -0.577. The predicted molar refractivity (Wildman–Crippen MR) is 101 cm³/mol. The van der Waals surface area contributed by atoms with Gasteiger partial charge in [-0.1, -0.05) is 13.8 Å². The minimum atomic E-state index is -0.446. The van der Waals surface area contributed by atoms with Crippen LogP contribution in [0.4, 0.5) is 4.39 Å². The van der Waals surface area contributed by atoms with Crippen LogP contribution in [0.15, 0.2) is 18.2 Å². The summed E-state index contributed by atoms with van der Waals surface area (Å²) in [5, 5.41) is 0. The summed E-state index contributed by atoms with van der Waals surface area (Å²) in [5.41, 5.74) is 0.940. The lowest BCUT2D eigenvalue weighted by Crippen LogP contribution is -2.46. The molecule has 6 nitrogen and oxygen atoms in total. The van der Waals surface area contributed by atoms with Gasteiger partial charge in [0.25, 0.3) is 5.91 Å². The first-order chi connectivity index (χ1) is 12.2. The Kier molecular flexibility index (Phi) is 11.1. The molecule has 0 saturated carbocycles. The molecular formula is C19H30FN3O3. The molecule has 0 N–H and O–H groups in total. The second-order valence-corrected chi connectivity index (χ2v) is 5.92. The Labute approximate surface area is 155 Å². The van der Waals surface area contributed by atoms with Gasteiger partial charge in [-0.15, -0.1) is 0 Å². The molecule has 2 rings (SSSR count). The molecule has 0 radical (unpaired) electrons. The molecule has 0 aliphatic carbocycles. The van der Waals surface area contributed by atoms with E-state index in [1.165, 1.54) is 18.0 Å². The number of likely N-dealkylation sites (N-methyl/N-ethyl adjacent to an activating group) is 3. The monoisotopic (exact) mass is 367 g/mol. The van der Waals surface area contributed by atoms with Crippen LogP contribution in [0.5, 0.6) is 0 Å². The lowest BCUT2D eigenvalue weighted by atomic mass is 10.1. The molecule has 7 heteroatoms. The fraction of sp³-hybridized carbons (Fsp3) is 0.526. The van der Waals surface area contributed by atoms with Gasteiger partial charge in [0.05, 0.1) is 13.1 Å². The number of piperazine rings is 1. The number of amides is 2. The second kappa shape index (κ2) is 12.1. The lowest BCUT2D eigenvalue weighted by Gasteiger charge is -2.28. The van der Waals surface area contributed by atoms with Crippen LogP contribution in [0, 0.1) is 12.7 Å². The molecule has 1 saturated heterocycles. The quantitative estimate of drug-likeness (QED) is 0.765. The number of hydrogen-bond acceptors (Lipinski definition) is 4. The maximum Gasteiger partial charge on any atom is 0.254 e. The maximum absolute atomic E-state index is 13.0. The van der Waals surface area contributed by atoms with E-state index < -0.39 is 5.82 Å². The van der Waals surface area contributed by atoms with E-state index >= 15 is 0 Å². The molecule has 0 aromatic heterocycles. The first kappa shape index (κ1) is 23.7. The van der Waals surface area contributed by atoms with Crippen molar-refractivity contribution in [1.29, 1.82) is 0 Å². The summed E-state index contributed by atoms with van der Waals surface area (Å²) in [6, 6.07) is 4.10. The van der Waals surface area contributed by atoms with Gasteiger partial charge in [-0.05, 0) is 37.7 Å². The number of aldehydes is 1. The molecule has 2 amide bonds. The van der Waals surface area contributed by atoms with E-state index in [2.05, 4.69) is 0 Å². The molecule has 1 aliphatic heterocycles. The molecule has 26 heavy (non-hydrogen) atoms. The van der Waals surface area contributed by atoms with Crippen LogP contribution in [0.2, 0.25) is 0 Å². The van der Waals surface area contributed by atoms with Crippen molar-refractivity contribution < 1.29 is 18.8 Å². The van der Waals surface area contributed by atoms with Crippen LogP contribution in [-0.4, -0.2) is 80.1 Å². The summed E-state index contributed by atoms with van der Waals surface area (Å²) in [4.78, 5) is 37.8. The Balaban J connectivity index is 0.000000484. The number of nitrogens with zero attached hydrogens (tertiary/aromatic N) is 3. The lowest BCUT2D eigenvalue weighted by molar-refractivity contribution is -0.133. The van der Waals surface area contributed by atoms with Gasteiger partial charge < -0.3 is 14.6 Å². The predicted octanol–water partition coefficient (Wildman–Crippen LogP) is 1.82. The highest BCUT2D eigenvalue weighted by Gasteiger charge is 2.16. The number of benzene rings is 1. The van der Waals surface area contributed by atoms with Crippen molar-refractivity contribution in [3.63, 3.8) is 0 Å². The zero-order valence-electron chi connectivity index (χ0n) is 16.6. The zero-order valence-corrected chi connectivity index (χ0v) is 16.6. The fourth-order valence-electron chi connectivity index (χ4n) is 2.15. The third-order valence-electron chi connectivity index (χ3n) is 3.63. The highest BCUT2D eigenvalue weighted by molar-refractivity contribution is 5.95. The van der Waals surface area contributed by atoms with Crippen molar-refractivity contribution in [1.82, 2.24) is 14.7 Å². The zero-order chi connectivity index (χ0) is 20.3. The summed E-state index contributed by atoms with van der Waals surface area (Å²) in [6.07, 6.45) is 0.629. The SMILES string of the molecule is CC.CN1CCN(C)C(=O)C1.Cc1cc(F)cc(C(=O)N(C)CC=O)c1. The molecule has 0 atom stereocenters. The topological polar surface area (TPSA) is 60.9 Å². The number of carbonyl (C=O) groups excluding carboxylic acids is 3. The Morgan fingerprint density at radius 3 is 2.31 bits per heavy atom. The fourth-order valence-corrected chi connectivity index (χ4v) is 2.15. The molecule has 0 spiro atoms. The number of rotatable bonds is 3. The Morgan fingerprint density at radius 2 is 1.85 bits per heavy atom. The second-order valence-electron chi connectivity index (χ2n) is 5.92. The third-order valence-corrected chi connectivity index (χ3v) is 3.63. The van der Waals surface area contributed by atoms with Crippen LogP contribution in [0.1, 0.15) is 29.8 Å². The van der Waals surface area contributed by atoms with Crippen molar-refractivity contribution >= 4 is 18.1 Å². The molecule has 1 heterocycles. The van der Waals surface area contributed by atoms with Crippen molar-refractivity contribution in [2.45, 2.75) is 20.8 Å². The van der Waals surface area contributed by atoms with Crippen LogP contribution < -0.4 is 0 Å². The smallest absolute Gasteiger partial charge is 0.254 e. The largest absolute Gasteiger partial charge is 0.343 e. The normalized spacial score (nSPS) is 13.8. The summed E-state index contributed by atoms with van der Waals surface area (Å²) in [6.45, 7) is 8.17. The van der Waals surface area contributed by atoms with Gasteiger partial charge in [-0.2, -0.15) is 0 Å². The van der Waals surface area contributed by atoms with Crippen LogP contribution in [0.3, 0.4) is 0 Å². The van der Waals surface area contributed by atoms with Gasteiger partial charge >= 0.3 is 0 Å². The van der Waals surface area contributed by atoms with Crippen molar-refractivity contribution in [3.05, 3.63) is 35.1 Å². The average Bonchev–Trinajstić information content (AvgIpc) is 2.59. The van der Waals surface area contributed by atoms with Crippen LogP contribution in [-0.2, 0) is 9.59 Å². The Morgan fingerprint density at radius 1 is 1.23 bits per heavy atom. The minimum absolute atomic E-state index is 0.00833. The van der Waals surface area contributed by atoms with E-state index in [-0.39, 0.29) is 23.9 Å². The van der Waals surface area contributed by atoms with E-state index in [1.807, 2.05) is 32.8 Å². The maximum atomic E-state index is 13.0. The third kappa shape index (κ3) is 8.20. The van der Waals surface area contributed by atoms with Crippen molar-refractivity contribution in [3.8, 4) is 0 Å². The van der Waals surface area contributed by atoms with E-state index in [4.69, 9.17) is 0 Å². The highest BCUT2D eigenvalue weighted by Crippen LogP contribution is 2.10. The molecule has 0 bridgehead atoms. The van der Waals surface area contributed by atoms with Gasteiger partial charge in [0.2, 0.25) is 5.91 Å². The van der Waals surface area contributed by atoms with Gasteiger partial charge in [-0.3, -0.25) is 14.5 Å². The van der Waals surface area contributed by atoms with Gasteiger partial charge in [0, 0.05) is 32.7 Å². The molecule has 146 valence electrons. The Bertz CT molecular complexity index is 587. The van der Waals surface area contributed by atoms with Crippen molar-refractivity contribution in [2.75, 3.05) is 47.3 Å². The molecule has 1 aromatic carbocycles. The standard InChI is InChI=1S/C11H12FNO2.C6H12N2O.C2H6/c1-8-5-9(7-10(12)6-8)11(15)13(2)3-4-14;1-7-3-4-8(2)6(9)5-7;1-2/h4-7H,3H2,1-2H3;3-5H2,1-2H3;1-2H3. The molecule has 1 aromatic rings. The van der Waals surface area contributed by atoms with E-state index in [0.29, 0.717) is 18.4 Å². The first-order valence-corrected chi connectivity index (χ1v) is 8.63. The van der Waals surface area contributed by atoms with E-state index in [1.54, 1.807) is 17.9 Å². The average molecular weight is 367 g/mol. The van der Waals surface area contributed by atoms with Gasteiger partial charge in [0.1, 0.15) is 12.1 Å². The number of aryl methyl sites for hydroxylation is 1. The van der Waals surface area contributed by atoms with Crippen LogP contribution >= 0.6 is 0 Å². The van der Waals surface area contributed by atoms with Gasteiger partial charge in [-0.25, -0.2) is 4.39 Å². The Hall–Kier alpha value is -2.28.